The molecule has 0 atom stereocenters. The average molecular weight is 314 g/mol. The zero-order valence-electron chi connectivity index (χ0n) is 10.6. The van der Waals surface area contributed by atoms with E-state index >= 15 is 0 Å². The third-order valence-electron chi connectivity index (χ3n) is 2.11. The average Bonchev–Trinajstić information content (AvgIpc) is 2.36. The van der Waals surface area contributed by atoms with E-state index in [4.69, 9.17) is 21.1 Å². The Labute approximate surface area is 117 Å². The molecule has 9 heteroatoms. The Bertz CT molecular complexity index is 493. The zero-order valence-corrected chi connectivity index (χ0v) is 11.3. The van der Waals surface area contributed by atoms with Gasteiger partial charge in [-0.05, 0) is 6.92 Å². The minimum absolute atomic E-state index is 0.0358. The normalized spacial score (nSPS) is 11.1. The van der Waals surface area contributed by atoms with Crippen molar-refractivity contribution in [3.63, 3.8) is 0 Å². The molecule has 0 aliphatic rings. The molecular formula is C11H11ClF3NO4. The van der Waals surface area contributed by atoms with Crippen LogP contribution in [0.25, 0.3) is 0 Å². The van der Waals surface area contributed by atoms with Crippen molar-refractivity contribution in [2.75, 3.05) is 13.7 Å². The van der Waals surface area contributed by atoms with E-state index in [1.54, 1.807) is 6.92 Å². The Morgan fingerprint density at radius 1 is 1.45 bits per heavy atom. The second-order valence-electron chi connectivity index (χ2n) is 3.38. The van der Waals surface area contributed by atoms with Gasteiger partial charge in [0.25, 0.3) is 0 Å². The van der Waals surface area contributed by atoms with Crippen molar-refractivity contribution in [2.24, 2.45) is 0 Å². The maximum absolute atomic E-state index is 12.3. The minimum atomic E-state index is -4.94. The Kier molecular flexibility index (Phi) is 5.43. The molecule has 0 aliphatic carbocycles. The second-order valence-corrected chi connectivity index (χ2v) is 3.65. The molecule has 0 saturated heterocycles. The zero-order chi connectivity index (χ0) is 15.3. The van der Waals surface area contributed by atoms with Crippen molar-refractivity contribution in [1.82, 2.24) is 4.98 Å². The maximum atomic E-state index is 12.3. The van der Waals surface area contributed by atoms with Crippen LogP contribution in [-0.2, 0) is 10.6 Å². The van der Waals surface area contributed by atoms with Crippen LogP contribution < -0.4 is 9.47 Å². The molecule has 0 aliphatic heterocycles. The largest absolute Gasteiger partial charge is 0.573 e. The van der Waals surface area contributed by atoms with Crippen molar-refractivity contribution < 1.29 is 32.2 Å². The lowest BCUT2D eigenvalue weighted by Gasteiger charge is -2.16. The fraction of sp³-hybridized carbons (Fsp3) is 0.455. The predicted molar refractivity (Wildman–Crippen MR) is 63.0 cm³/mol. The SMILES string of the molecule is CCOC(=O)c1c(CCl)ncc(OC(F)(F)F)c1OC. The molecule has 20 heavy (non-hydrogen) atoms. The highest BCUT2D eigenvalue weighted by atomic mass is 35.5. The third kappa shape index (κ3) is 3.89. The highest BCUT2D eigenvalue weighted by Gasteiger charge is 2.34. The van der Waals surface area contributed by atoms with E-state index < -0.39 is 23.8 Å². The molecule has 0 fully saturated rings. The lowest BCUT2D eigenvalue weighted by molar-refractivity contribution is -0.275. The lowest BCUT2D eigenvalue weighted by atomic mass is 10.1. The number of rotatable bonds is 5. The van der Waals surface area contributed by atoms with Gasteiger partial charge in [0.1, 0.15) is 5.56 Å². The molecule has 1 aromatic heterocycles. The highest BCUT2D eigenvalue weighted by molar-refractivity contribution is 6.17. The summed E-state index contributed by atoms with van der Waals surface area (Å²) in [5, 5.41) is 0. The molecule has 0 amide bonds. The van der Waals surface area contributed by atoms with E-state index in [9.17, 15) is 18.0 Å². The van der Waals surface area contributed by atoms with E-state index in [-0.39, 0.29) is 23.7 Å². The van der Waals surface area contributed by atoms with E-state index in [1.807, 2.05) is 0 Å². The first-order chi connectivity index (χ1) is 9.34. The van der Waals surface area contributed by atoms with Crippen molar-refractivity contribution in [2.45, 2.75) is 19.2 Å². The van der Waals surface area contributed by atoms with Crippen molar-refractivity contribution in [3.8, 4) is 11.5 Å². The van der Waals surface area contributed by atoms with Gasteiger partial charge in [-0.25, -0.2) is 4.79 Å². The van der Waals surface area contributed by atoms with Crippen LogP contribution >= 0.6 is 11.6 Å². The number of halogens is 4. The van der Waals surface area contributed by atoms with Gasteiger partial charge in [0.2, 0.25) is 0 Å². The molecular weight excluding hydrogens is 303 g/mol. The molecule has 1 aromatic rings. The quantitative estimate of drug-likeness (QED) is 0.618. The number of nitrogens with zero attached hydrogens (tertiary/aromatic N) is 1. The van der Waals surface area contributed by atoms with Gasteiger partial charge in [-0.3, -0.25) is 4.98 Å². The topological polar surface area (TPSA) is 57.7 Å². The molecule has 0 N–H and O–H groups in total. The second kappa shape index (κ2) is 6.65. The summed E-state index contributed by atoms with van der Waals surface area (Å²) in [6.45, 7) is 1.59. The van der Waals surface area contributed by atoms with Gasteiger partial charge in [0.15, 0.2) is 11.5 Å². The van der Waals surface area contributed by atoms with Crippen LogP contribution in [0.1, 0.15) is 23.0 Å². The van der Waals surface area contributed by atoms with Crippen molar-refractivity contribution >= 4 is 17.6 Å². The Morgan fingerprint density at radius 3 is 2.55 bits per heavy atom. The third-order valence-corrected chi connectivity index (χ3v) is 2.37. The fourth-order valence-electron chi connectivity index (χ4n) is 1.43. The minimum Gasteiger partial charge on any atom is -0.492 e. The summed E-state index contributed by atoms with van der Waals surface area (Å²) in [6.07, 6.45) is -4.16. The number of carbonyl (C=O) groups excluding carboxylic acids is 1. The molecule has 5 nitrogen and oxygen atoms in total. The number of hydrogen-bond acceptors (Lipinski definition) is 5. The number of methoxy groups -OCH3 is 1. The van der Waals surface area contributed by atoms with Crippen LogP contribution in [0.4, 0.5) is 13.2 Å². The molecule has 0 aromatic carbocycles. The van der Waals surface area contributed by atoms with Crippen LogP contribution in [0.5, 0.6) is 11.5 Å². The van der Waals surface area contributed by atoms with Gasteiger partial charge in [-0.2, -0.15) is 0 Å². The first-order valence-corrected chi connectivity index (χ1v) is 5.92. The standard InChI is InChI=1S/C11H11ClF3NO4/c1-3-19-10(17)8-6(4-12)16-5-7(9(8)18-2)20-11(13,14)15/h5H,3-4H2,1-2H3. The van der Waals surface area contributed by atoms with Crippen LogP contribution in [0.2, 0.25) is 0 Å². The highest BCUT2D eigenvalue weighted by Crippen LogP contribution is 2.36. The number of hydrogen-bond donors (Lipinski definition) is 0. The van der Waals surface area contributed by atoms with Gasteiger partial charge in [0.05, 0.1) is 31.5 Å². The van der Waals surface area contributed by atoms with Gasteiger partial charge in [-0.1, -0.05) is 0 Å². The number of aromatic nitrogens is 1. The Morgan fingerprint density at radius 2 is 2.10 bits per heavy atom. The fourth-order valence-corrected chi connectivity index (χ4v) is 1.63. The summed E-state index contributed by atoms with van der Waals surface area (Å²) in [6, 6.07) is 0. The van der Waals surface area contributed by atoms with Crippen LogP contribution in [0, 0.1) is 0 Å². The molecule has 0 unspecified atom stereocenters. The van der Waals surface area contributed by atoms with Crippen LogP contribution in [0.15, 0.2) is 6.20 Å². The number of carbonyl (C=O) groups is 1. The predicted octanol–water partition coefficient (Wildman–Crippen LogP) is 2.90. The van der Waals surface area contributed by atoms with Crippen molar-refractivity contribution in [3.05, 3.63) is 17.5 Å². The first-order valence-electron chi connectivity index (χ1n) is 5.38. The number of alkyl halides is 4. The Hall–Kier alpha value is -1.70. The molecule has 1 rings (SSSR count). The molecule has 1 heterocycles. The Balaban J connectivity index is 3.36. The van der Waals surface area contributed by atoms with Gasteiger partial charge in [0, 0.05) is 0 Å². The van der Waals surface area contributed by atoms with Gasteiger partial charge in [-0.15, -0.1) is 24.8 Å². The van der Waals surface area contributed by atoms with E-state index in [1.165, 1.54) is 0 Å². The van der Waals surface area contributed by atoms with E-state index in [2.05, 4.69) is 9.72 Å². The molecule has 0 radical (unpaired) electrons. The van der Waals surface area contributed by atoms with Crippen molar-refractivity contribution in [1.29, 1.82) is 0 Å². The summed E-state index contributed by atoms with van der Waals surface area (Å²) in [5.74, 6) is -2.25. The molecule has 0 bridgehead atoms. The van der Waals surface area contributed by atoms with E-state index in [0.717, 1.165) is 13.3 Å². The lowest BCUT2D eigenvalue weighted by Crippen LogP contribution is -2.19. The summed E-state index contributed by atoms with van der Waals surface area (Å²) < 4.78 is 50.1. The number of esters is 1. The smallest absolute Gasteiger partial charge is 0.492 e. The van der Waals surface area contributed by atoms with Gasteiger partial charge >= 0.3 is 12.3 Å². The summed E-state index contributed by atoms with van der Waals surface area (Å²) in [7, 11) is 1.10. The van der Waals surface area contributed by atoms with Crippen LogP contribution in [0.3, 0.4) is 0 Å². The van der Waals surface area contributed by atoms with Gasteiger partial charge < -0.3 is 14.2 Å². The summed E-state index contributed by atoms with van der Waals surface area (Å²) in [4.78, 5) is 15.4. The molecule has 112 valence electrons. The number of pyridine rings is 1. The van der Waals surface area contributed by atoms with E-state index in [0.29, 0.717) is 0 Å². The molecule has 0 saturated carbocycles. The summed E-state index contributed by atoms with van der Waals surface area (Å²) in [5.41, 5.74) is -0.248. The monoisotopic (exact) mass is 313 g/mol. The number of ether oxygens (including phenoxy) is 3. The maximum Gasteiger partial charge on any atom is 0.573 e. The summed E-state index contributed by atoms with van der Waals surface area (Å²) >= 11 is 5.60. The van der Waals surface area contributed by atoms with Crippen LogP contribution in [-0.4, -0.2) is 31.0 Å². The first kappa shape index (κ1) is 16.4. The molecule has 0 spiro atoms.